The van der Waals surface area contributed by atoms with Crippen LogP contribution in [0.25, 0.3) is 5.52 Å². The molecule has 2 heterocycles. The summed E-state index contributed by atoms with van der Waals surface area (Å²) in [5.41, 5.74) is 2.12. The first kappa shape index (κ1) is 10.3. The van der Waals surface area contributed by atoms with E-state index < -0.39 is 0 Å². The number of hydrogen-bond donors (Lipinski definition) is 0. The number of nitrogens with zero attached hydrogens (tertiary/aromatic N) is 3. The zero-order valence-corrected chi connectivity index (χ0v) is 9.59. The highest BCUT2D eigenvalue weighted by atomic mass is 16.5. The third-order valence-corrected chi connectivity index (χ3v) is 2.87. The zero-order valence-electron chi connectivity index (χ0n) is 9.59. The molecule has 0 bridgehead atoms. The Morgan fingerprint density at radius 2 is 2.41 bits per heavy atom. The molecular weight excluding hydrogens is 218 g/mol. The molecule has 5 nitrogen and oxygen atoms in total. The molecule has 88 valence electrons. The van der Waals surface area contributed by atoms with E-state index in [0.29, 0.717) is 18.2 Å². The molecule has 17 heavy (non-hydrogen) atoms. The van der Waals surface area contributed by atoms with Crippen molar-refractivity contribution in [3.8, 4) is 0 Å². The largest absolute Gasteiger partial charge is 0.461 e. The van der Waals surface area contributed by atoms with Crippen molar-refractivity contribution >= 4 is 11.5 Å². The summed E-state index contributed by atoms with van der Waals surface area (Å²) in [4.78, 5) is 15.8. The number of hydrogen-bond acceptors (Lipinski definition) is 4. The standard InChI is InChI=1S/C12H13N3O2/c1-2-17-12(16)11-10-7-9(8-3-4-8)14-15(10)6-5-13-11/h5-8H,2-4H2,1H3. The molecule has 1 fully saturated rings. The Morgan fingerprint density at radius 1 is 1.59 bits per heavy atom. The molecule has 3 rings (SSSR count). The number of aromatic nitrogens is 3. The quantitative estimate of drug-likeness (QED) is 0.755. The maximum Gasteiger partial charge on any atom is 0.359 e. The zero-order chi connectivity index (χ0) is 11.8. The van der Waals surface area contributed by atoms with Gasteiger partial charge in [-0.25, -0.2) is 14.3 Å². The summed E-state index contributed by atoms with van der Waals surface area (Å²) in [7, 11) is 0. The van der Waals surface area contributed by atoms with Crippen LogP contribution in [0.1, 0.15) is 41.9 Å². The number of esters is 1. The van der Waals surface area contributed by atoms with Gasteiger partial charge in [-0.15, -0.1) is 0 Å². The van der Waals surface area contributed by atoms with E-state index in [4.69, 9.17) is 4.74 Å². The molecule has 2 aromatic heterocycles. The van der Waals surface area contributed by atoms with Gasteiger partial charge in [0, 0.05) is 18.3 Å². The molecule has 0 radical (unpaired) electrons. The van der Waals surface area contributed by atoms with E-state index in [1.165, 1.54) is 12.8 Å². The molecule has 1 saturated carbocycles. The van der Waals surface area contributed by atoms with Crippen molar-refractivity contribution in [2.45, 2.75) is 25.7 Å². The van der Waals surface area contributed by atoms with Gasteiger partial charge in [0.25, 0.3) is 0 Å². The van der Waals surface area contributed by atoms with Crippen molar-refractivity contribution in [2.24, 2.45) is 0 Å². The van der Waals surface area contributed by atoms with E-state index in [1.807, 2.05) is 6.07 Å². The summed E-state index contributed by atoms with van der Waals surface area (Å²) in [5.74, 6) is 0.172. The fourth-order valence-electron chi connectivity index (χ4n) is 1.88. The van der Waals surface area contributed by atoms with Crippen molar-refractivity contribution < 1.29 is 9.53 Å². The Morgan fingerprint density at radius 3 is 3.12 bits per heavy atom. The summed E-state index contributed by atoms with van der Waals surface area (Å²) in [6, 6.07) is 1.94. The average Bonchev–Trinajstić information content (AvgIpc) is 3.08. The van der Waals surface area contributed by atoms with E-state index in [0.717, 1.165) is 11.2 Å². The van der Waals surface area contributed by atoms with Gasteiger partial charge < -0.3 is 4.74 Å². The molecule has 5 heteroatoms. The summed E-state index contributed by atoms with van der Waals surface area (Å²) < 4.78 is 6.68. The van der Waals surface area contributed by atoms with E-state index in [-0.39, 0.29) is 5.97 Å². The second kappa shape index (κ2) is 3.84. The average molecular weight is 231 g/mol. The maximum atomic E-state index is 11.7. The van der Waals surface area contributed by atoms with Gasteiger partial charge in [0.1, 0.15) is 0 Å². The number of rotatable bonds is 3. The summed E-state index contributed by atoms with van der Waals surface area (Å²) in [5, 5.41) is 4.45. The predicted octanol–water partition coefficient (Wildman–Crippen LogP) is 1.78. The molecule has 0 atom stereocenters. The van der Waals surface area contributed by atoms with Gasteiger partial charge in [-0.05, 0) is 25.8 Å². The minimum atomic E-state index is -0.389. The molecule has 0 saturated heterocycles. The molecule has 0 unspecified atom stereocenters. The smallest absolute Gasteiger partial charge is 0.359 e. The highest BCUT2D eigenvalue weighted by molar-refractivity contribution is 5.94. The molecular formula is C12H13N3O2. The number of fused-ring (bicyclic) bond motifs is 1. The van der Waals surface area contributed by atoms with Gasteiger partial charge in [0.15, 0.2) is 5.69 Å². The number of ether oxygens (including phenoxy) is 1. The predicted molar refractivity (Wildman–Crippen MR) is 60.9 cm³/mol. The monoisotopic (exact) mass is 231 g/mol. The van der Waals surface area contributed by atoms with Crippen molar-refractivity contribution in [3.05, 3.63) is 29.8 Å². The summed E-state index contributed by atoms with van der Waals surface area (Å²) in [6.07, 6.45) is 5.70. The molecule has 1 aliphatic carbocycles. The highest BCUT2D eigenvalue weighted by Gasteiger charge is 2.27. The first-order valence-electron chi connectivity index (χ1n) is 5.81. The Kier molecular flexibility index (Phi) is 2.31. The molecule has 0 spiro atoms. The van der Waals surface area contributed by atoms with Crippen LogP contribution in [0, 0.1) is 0 Å². The Hall–Kier alpha value is -1.91. The lowest BCUT2D eigenvalue weighted by atomic mass is 10.2. The lowest BCUT2D eigenvalue weighted by Crippen LogP contribution is -2.08. The van der Waals surface area contributed by atoms with Crippen LogP contribution in [0.3, 0.4) is 0 Å². The van der Waals surface area contributed by atoms with Crippen LogP contribution >= 0.6 is 0 Å². The maximum absolute atomic E-state index is 11.7. The van der Waals surface area contributed by atoms with Crippen LogP contribution < -0.4 is 0 Å². The van der Waals surface area contributed by atoms with Gasteiger partial charge in [0.05, 0.1) is 17.8 Å². The number of carbonyl (C=O) groups excluding carboxylic acids is 1. The molecule has 0 amide bonds. The molecule has 0 aromatic carbocycles. The van der Waals surface area contributed by atoms with Crippen molar-refractivity contribution in [2.75, 3.05) is 6.61 Å². The van der Waals surface area contributed by atoms with Crippen LogP contribution in [0.5, 0.6) is 0 Å². The second-order valence-electron chi connectivity index (χ2n) is 4.17. The lowest BCUT2D eigenvalue weighted by Gasteiger charge is -2.01. The summed E-state index contributed by atoms with van der Waals surface area (Å²) in [6.45, 7) is 2.13. The van der Waals surface area contributed by atoms with Gasteiger partial charge in [-0.2, -0.15) is 5.10 Å². The van der Waals surface area contributed by atoms with E-state index >= 15 is 0 Å². The topological polar surface area (TPSA) is 56.5 Å². The van der Waals surface area contributed by atoms with E-state index in [9.17, 15) is 4.79 Å². The van der Waals surface area contributed by atoms with E-state index in [1.54, 1.807) is 23.8 Å². The van der Waals surface area contributed by atoms with Crippen LogP contribution in [-0.4, -0.2) is 27.2 Å². The fraction of sp³-hybridized carbons (Fsp3) is 0.417. The summed E-state index contributed by atoms with van der Waals surface area (Å²) >= 11 is 0. The van der Waals surface area contributed by atoms with Crippen molar-refractivity contribution in [3.63, 3.8) is 0 Å². The van der Waals surface area contributed by atoms with Crippen molar-refractivity contribution in [1.82, 2.24) is 14.6 Å². The molecule has 0 N–H and O–H groups in total. The minimum Gasteiger partial charge on any atom is -0.461 e. The molecule has 1 aliphatic rings. The number of carbonyl (C=O) groups is 1. The normalized spacial score (nSPS) is 15.1. The third kappa shape index (κ3) is 1.77. The van der Waals surface area contributed by atoms with Gasteiger partial charge in [0.2, 0.25) is 0 Å². The van der Waals surface area contributed by atoms with Gasteiger partial charge >= 0.3 is 5.97 Å². The first-order valence-corrected chi connectivity index (χ1v) is 5.81. The van der Waals surface area contributed by atoms with Crippen LogP contribution in [0.4, 0.5) is 0 Å². The van der Waals surface area contributed by atoms with Crippen LogP contribution in [-0.2, 0) is 4.74 Å². The fourth-order valence-corrected chi connectivity index (χ4v) is 1.88. The van der Waals surface area contributed by atoms with E-state index in [2.05, 4.69) is 10.1 Å². The Labute approximate surface area is 98.4 Å². The van der Waals surface area contributed by atoms with Crippen molar-refractivity contribution in [1.29, 1.82) is 0 Å². The Balaban J connectivity index is 2.07. The first-order chi connectivity index (χ1) is 8.29. The van der Waals surface area contributed by atoms with Gasteiger partial charge in [-0.1, -0.05) is 0 Å². The highest BCUT2D eigenvalue weighted by Crippen LogP contribution is 2.39. The van der Waals surface area contributed by atoms with Gasteiger partial charge in [-0.3, -0.25) is 0 Å². The minimum absolute atomic E-state index is 0.341. The second-order valence-corrected chi connectivity index (χ2v) is 4.17. The third-order valence-electron chi connectivity index (χ3n) is 2.87. The molecule has 2 aromatic rings. The SMILES string of the molecule is CCOC(=O)c1nccn2nc(C3CC3)cc12. The Bertz CT molecular complexity index is 572. The molecule has 0 aliphatic heterocycles. The van der Waals surface area contributed by atoms with Crippen LogP contribution in [0.15, 0.2) is 18.5 Å². The van der Waals surface area contributed by atoms with Crippen LogP contribution in [0.2, 0.25) is 0 Å². The lowest BCUT2D eigenvalue weighted by molar-refractivity contribution is 0.0521.